The Morgan fingerprint density at radius 2 is 1.90 bits per heavy atom. The van der Waals surface area contributed by atoms with Gasteiger partial charge in [0.25, 0.3) is 5.56 Å². The maximum absolute atomic E-state index is 12.6. The number of hydrogen-bond donors (Lipinski definition) is 0. The summed E-state index contributed by atoms with van der Waals surface area (Å²) in [5.74, 6) is 0. The third-order valence-electron chi connectivity index (χ3n) is 3.45. The lowest BCUT2D eigenvalue weighted by molar-refractivity contribution is 0.609. The Kier molecular flexibility index (Phi) is 3.40. The van der Waals surface area contributed by atoms with Gasteiger partial charge in [0, 0.05) is 4.47 Å². The quantitative estimate of drug-likeness (QED) is 0.717. The van der Waals surface area contributed by atoms with Gasteiger partial charge in [0.1, 0.15) is 0 Å². The van der Waals surface area contributed by atoms with Crippen LogP contribution >= 0.6 is 15.9 Å². The van der Waals surface area contributed by atoms with Gasteiger partial charge in [0.15, 0.2) is 0 Å². The Labute approximate surface area is 125 Å². The van der Waals surface area contributed by atoms with Crippen LogP contribution in [0.2, 0.25) is 0 Å². The zero-order chi connectivity index (χ0) is 14.1. The first-order valence-electron chi connectivity index (χ1n) is 6.38. The van der Waals surface area contributed by atoms with E-state index in [1.54, 1.807) is 10.9 Å². The number of aromatic nitrogens is 2. The predicted molar refractivity (Wildman–Crippen MR) is 84.0 cm³/mol. The van der Waals surface area contributed by atoms with Crippen LogP contribution in [0.5, 0.6) is 0 Å². The number of fused-ring (bicyclic) bond motifs is 1. The second-order valence-electron chi connectivity index (χ2n) is 4.71. The molecule has 3 aromatic rings. The van der Waals surface area contributed by atoms with E-state index in [4.69, 9.17) is 0 Å². The lowest BCUT2D eigenvalue weighted by atomic mass is 10.1. The Morgan fingerprint density at radius 3 is 2.65 bits per heavy atom. The van der Waals surface area contributed by atoms with Crippen molar-refractivity contribution >= 4 is 26.8 Å². The Balaban J connectivity index is 2.16. The van der Waals surface area contributed by atoms with Crippen molar-refractivity contribution in [2.24, 2.45) is 0 Å². The third kappa shape index (κ3) is 2.27. The molecule has 3 rings (SSSR count). The van der Waals surface area contributed by atoms with Crippen LogP contribution in [-0.2, 0) is 0 Å². The molecule has 2 aromatic carbocycles. The Bertz CT molecular complexity index is 812. The van der Waals surface area contributed by atoms with Crippen LogP contribution in [0.3, 0.4) is 0 Å². The summed E-state index contributed by atoms with van der Waals surface area (Å²) in [7, 11) is 0. The van der Waals surface area contributed by atoms with Gasteiger partial charge < -0.3 is 0 Å². The lowest BCUT2D eigenvalue weighted by Crippen LogP contribution is -2.24. The second-order valence-corrected chi connectivity index (χ2v) is 5.62. The number of halogens is 1. The van der Waals surface area contributed by atoms with E-state index >= 15 is 0 Å². The standard InChI is InChI=1S/C16H13BrN2O/c1-11(12-5-3-2-4-6-12)19-10-18-15-9-13(17)7-8-14(15)16(19)20/h2-11H,1H3. The largest absolute Gasteiger partial charge is 0.291 e. The Hall–Kier alpha value is -1.94. The van der Waals surface area contributed by atoms with Crippen LogP contribution in [0, 0.1) is 0 Å². The number of benzene rings is 2. The van der Waals surface area contributed by atoms with E-state index in [2.05, 4.69) is 20.9 Å². The van der Waals surface area contributed by atoms with E-state index < -0.39 is 0 Å². The SMILES string of the molecule is CC(c1ccccc1)n1cnc2cc(Br)ccc2c1=O. The van der Waals surface area contributed by atoms with Crippen molar-refractivity contribution in [1.82, 2.24) is 9.55 Å². The highest BCUT2D eigenvalue weighted by atomic mass is 79.9. The minimum atomic E-state index is -0.0377. The fourth-order valence-corrected chi connectivity index (χ4v) is 2.63. The van der Waals surface area contributed by atoms with Crippen LogP contribution in [0.4, 0.5) is 0 Å². The van der Waals surface area contributed by atoms with Crippen molar-refractivity contribution in [1.29, 1.82) is 0 Å². The molecule has 1 aromatic heterocycles. The van der Waals surface area contributed by atoms with Crippen molar-refractivity contribution < 1.29 is 0 Å². The monoisotopic (exact) mass is 328 g/mol. The number of rotatable bonds is 2. The highest BCUT2D eigenvalue weighted by Crippen LogP contribution is 2.18. The van der Waals surface area contributed by atoms with Gasteiger partial charge in [-0.1, -0.05) is 46.3 Å². The zero-order valence-corrected chi connectivity index (χ0v) is 12.5. The molecule has 1 heterocycles. The summed E-state index contributed by atoms with van der Waals surface area (Å²) >= 11 is 3.39. The number of hydrogen-bond acceptors (Lipinski definition) is 2. The predicted octanol–water partition coefficient (Wildman–Crippen LogP) is 3.77. The van der Waals surface area contributed by atoms with Gasteiger partial charge in [-0.2, -0.15) is 0 Å². The molecule has 4 heteroatoms. The van der Waals surface area contributed by atoms with Gasteiger partial charge >= 0.3 is 0 Å². The smallest absolute Gasteiger partial charge is 0.261 e. The number of nitrogens with zero attached hydrogens (tertiary/aromatic N) is 2. The van der Waals surface area contributed by atoms with Gasteiger partial charge in [-0.3, -0.25) is 9.36 Å². The van der Waals surface area contributed by atoms with Gasteiger partial charge in [-0.15, -0.1) is 0 Å². The molecule has 0 radical (unpaired) electrons. The summed E-state index contributed by atoms with van der Waals surface area (Å²) in [5.41, 5.74) is 1.78. The first-order chi connectivity index (χ1) is 9.66. The molecule has 0 spiro atoms. The normalized spacial score (nSPS) is 12.5. The Morgan fingerprint density at radius 1 is 1.15 bits per heavy atom. The van der Waals surface area contributed by atoms with Gasteiger partial charge in [0.2, 0.25) is 0 Å². The highest BCUT2D eigenvalue weighted by Gasteiger charge is 2.11. The molecule has 0 aliphatic rings. The van der Waals surface area contributed by atoms with Gasteiger partial charge in [-0.25, -0.2) is 4.98 Å². The summed E-state index contributed by atoms with van der Waals surface area (Å²) < 4.78 is 2.59. The van der Waals surface area contributed by atoms with Gasteiger partial charge in [-0.05, 0) is 30.7 Å². The van der Waals surface area contributed by atoms with E-state index in [1.165, 1.54) is 0 Å². The lowest BCUT2D eigenvalue weighted by Gasteiger charge is -2.15. The molecule has 1 atom stereocenters. The van der Waals surface area contributed by atoms with E-state index in [1.807, 2.05) is 55.5 Å². The van der Waals surface area contributed by atoms with E-state index in [0.29, 0.717) is 10.9 Å². The molecule has 0 amide bonds. The molecule has 100 valence electrons. The van der Waals surface area contributed by atoms with Crippen LogP contribution in [0.15, 0.2) is 64.1 Å². The van der Waals surface area contributed by atoms with Crippen molar-refractivity contribution in [3.63, 3.8) is 0 Å². The van der Waals surface area contributed by atoms with Crippen LogP contribution in [0.1, 0.15) is 18.5 Å². The molecule has 0 fully saturated rings. The minimum Gasteiger partial charge on any atom is -0.291 e. The van der Waals surface area contributed by atoms with Crippen molar-refractivity contribution in [3.05, 3.63) is 75.2 Å². The van der Waals surface area contributed by atoms with Crippen LogP contribution in [-0.4, -0.2) is 9.55 Å². The molecule has 0 aliphatic heterocycles. The molecule has 0 bridgehead atoms. The molecular formula is C16H13BrN2O. The molecule has 0 N–H and O–H groups in total. The molecular weight excluding hydrogens is 316 g/mol. The molecule has 0 saturated heterocycles. The van der Waals surface area contributed by atoms with E-state index in [0.717, 1.165) is 10.0 Å². The minimum absolute atomic E-state index is 0.0150. The first kappa shape index (κ1) is 13.1. The van der Waals surface area contributed by atoms with Gasteiger partial charge in [0.05, 0.1) is 23.3 Å². The topological polar surface area (TPSA) is 34.9 Å². The maximum atomic E-state index is 12.6. The van der Waals surface area contributed by atoms with Crippen LogP contribution in [0.25, 0.3) is 10.9 Å². The summed E-state index contributed by atoms with van der Waals surface area (Å²) in [4.78, 5) is 16.9. The summed E-state index contributed by atoms with van der Waals surface area (Å²) in [6.45, 7) is 2.00. The maximum Gasteiger partial charge on any atom is 0.261 e. The fourth-order valence-electron chi connectivity index (χ4n) is 2.28. The molecule has 3 nitrogen and oxygen atoms in total. The first-order valence-corrected chi connectivity index (χ1v) is 7.17. The highest BCUT2D eigenvalue weighted by molar-refractivity contribution is 9.10. The summed E-state index contributed by atoms with van der Waals surface area (Å²) in [6.07, 6.45) is 1.62. The second kappa shape index (κ2) is 5.21. The zero-order valence-electron chi connectivity index (χ0n) is 11.0. The molecule has 20 heavy (non-hydrogen) atoms. The van der Waals surface area contributed by atoms with E-state index in [-0.39, 0.29) is 11.6 Å². The van der Waals surface area contributed by atoms with Crippen LogP contribution < -0.4 is 5.56 Å². The van der Waals surface area contributed by atoms with Crippen molar-refractivity contribution in [2.45, 2.75) is 13.0 Å². The average molecular weight is 329 g/mol. The third-order valence-corrected chi connectivity index (χ3v) is 3.94. The van der Waals surface area contributed by atoms with E-state index in [9.17, 15) is 4.79 Å². The fraction of sp³-hybridized carbons (Fsp3) is 0.125. The summed E-state index contributed by atoms with van der Waals surface area (Å²) in [5, 5.41) is 0.637. The van der Waals surface area contributed by atoms with Crippen molar-refractivity contribution in [2.75, 3.05) is 0 Å². The summed E-state index contributed by atoms with van der Waals surface area (Å²) in [6, 6.07) is 15.4. The molecule has 0 aliphatic carbocycles. The van der Waals surface area contributed by atoms with Crippen molar-refractivity contribution in [3.8, 4) is 0 Å². The molecule has 0 saturated carbocycles. The average Bonchev–Trinajstić information content (AvgIpc) is 2.48. The molecule has 1 unspecified atom stereocenters.